The van der Waals surface area contributed by atoms with Crippen molar-refractivity contribution in [2.24, 2.45) is 0 Å². The van der Waals surface area contributed by atoms with Gasteiger partial charge in [-0.3, -0.25) is 9.59 Å². The summed E-state index contributed by atoms with van der Waals surface area (Å²) >= 11 is 0. The molecule has 5 heteroatoms. The molecule has 1 aromatic carbocycles. The van der Waals surface area contributed by atoms with Crippen molar-refractivity contribution in [2.45, 2.75) is 12.8 Å². The highest BCUT2D eigenvalue weighted by Gasteiger charge is 2.17. The van der Waals surface area contributed by atoms with Crippen molar-refractivity contribution in [3.8, 4) is 0 Å². The molecule has 1 aliphatic rings. The van der Waals surface area contributed by atoms with Crippen molar-refractivity contribution in [3.05, 3.63) is 64.1 Å². The number of hydrogen-bond acceptors (Lipinski definition) is 3. The van der Waals surface area contributed by atoms with E-state index in [-0.39, 0.29) is 11.5 Å². The number of pyridine rings is 1. The van der Waals surface area contributed by atoms with E-state index in [0.29, 0.717) is 12.1 Å². The van der Waals surface area contributed by atoms with Crippen LogP contribution in [-0.4, -0.2) is 30.5 Å². The molecule has 0 atom stereocenters. The predicted octanol–water partition coefficient (Wildman–Crippen LogP) is 1.56. The summed E-state index contributed by atoms with van der Waals surface area (Å²) in [5.74, 6) is -0.155. The molecular weight excluding hydrogens is 278 g/mol. The molecule has 0 unspecified atom stereocenters. The molecule has 0 saturated carbocycles. The number of benzene rings is 1. The minimum Gasteiger partial charge on any atom is -0.371 e. The van der Waals surface area contributed by atoms with Crippen molar-refractivity contribution in [1.29, 1.82) is 0 Å². The third-order valence-electron chi connectivity index (χ3n) is 3.92. The van der Waals surface area contributed by atoms with Crippen LogP contribution in [-0.2, 0) is 6.42 Å². The average molecular weight is 297 g/mol. The lowest BCUT2D eigenvalue weighted by Gasteiger charge is -2.19. The van der Waals surface area contributed by atoms with Crippen LogP contribution >= 0.6 is 0 Å². The number of fused-ring (bicyclic) bond motifs is 1. The van der Waals surface area contributed by atoms with E-state index in [2.05, 4.69) is 39.5 Å². The van der Waals surface area contributed by atoms with Crippen LogP contribution in [0.1, 0.15) is 22.3 Å². The lowest BCUT2D eigenvalue weighted by atomic mass is 10.2. The molecule has 3 rings (SSSR count). The van der Waals surface area contributed by atoms with Crippen LogP contribution in [0.5, 0.6) is 0 Å². The summed E-state index contributed by atoms with van der Waals surface area (Å²) in [4.78, 5) is 27.7. The zero-order valence-electron chi connectivity index (χ0n) is 12.3. The first-order valence-electron chi connectivity index (χ1n) is 7.54. The average Bonchev–Trinajstić information content (AvgIpc) is 2.95. The Morgan fingerprint density at radius 1 is 1.23 bits per heavy atom. The van der Waals surface area contributed by atoms with Crippen molar-refractivity contribution in [3.63, 3.8) is 0 Å². The standard InChI is InChI=1S/C17H19N3O2/c21-16-7-6-14(12-19-16)17(22)18-9-3-10-20-11-8-13-4-1-2-5-15(13)20/h1-2,4-7,12H,3,8-11H2,(H,18,22)(H,19,21). The zero-order chi connectivity index (χ0) is 15.4. The number of carbonyl (C=O) groups is 1. The molecule has 0 radical (unpaired) electrons. The van der Waals surface area contributed by atoms with E-state index in [1.807, 2.05) is 0 Å². The molecule has 114 valence electrons. The van der Waals surface area contributed by atoms with Crippen molar-refractivity contribution < 1.29 is 4.79 Å². The van der Waals surface area contributed by atoms with E-state index in [9.17, 15) is 9.59 Å². The summed E-state index contributed by atoms with van der Waals surface area (Å²) in [6.07, 6.45) is 3.43. The van der Waals surface area contributed by atoms with Gasteiger partial charge in [-0.25, -0.2) is 0 Å². The van der Waals surface area contributed by atoms with E-state index in [1.54, 1.807) is 0 Å². The number of H-pyrrole nitrogens is 1. The predicted molar refractivity (Wildman–Crippen MR) is 86.4 cm³/mol. The van der Waals surface area contributed by atoms with Crippen LogP contribution in [0, 0.1) is 0 Å². The molecule has 22 heavy (non-hydrogen) atoms. The summed E-state index contributed by atoms with van der Waals surface area (Å²) in [6.45, 7) is 2.60. The van der Waals surface area contributed by atoms with Crippen LogP contribution in [0.15, 0.2) is 47.4 Å². The Bertz CT molecular complexity index is 703. The summed E-state index contributed by atoms with van der Waals surface area (Å²) < 4.78 is 0. The number of nitrogens with zero attached hydrogens (tertiary/aromatic N) is 1. The Balaban J connectivity index is 1.45. The minimum atomic E-state index is -0.204. The highest BCUT2D eigenvalue weighted by Crippen LogP contribution is 2.27. The van der Waals surface area contributed by atoms with Gasteiger partial charge in [-0.2, -0.15) is 0 Å². The van der Waals surface area contributed by atoms with E-state index in [1.165, 1.54) is 29.6 Å². The number of hydrogen-bond donors (Lipinski definition) is 2. The first-order chi connectivity index (χ1) is 10.7. The molecule has 0 fully saturated rings. The minimum absolute atomic E-state index is 0.155. The second-order valence-corrected chi connectivity index (χ2v) is 5.42. The molecule has 5 nitrogen and oxygen atoms in total. The number of rotatable bonds is 5. The van der Waals surface area contributed by atoms with Crippen LogP contribution in [0.3, 0.4) is 0 Å². The third-order valence-corrected chi connectivity index (χ3v) is 3.92. The first-order valence-corrected chi connectivity index (χ1v) is 7.54. The molecule has 2 aromatic rings. The summed E-state index contributed by atoms with van der Waals surface area (Å²) in [6, 6.07) is 11.4. The molecule has 0 aliphatic carbocycles. The van der Waals surface area contributed by atoms with Crippen LogP contribution in [0.4, 0.5) is 5.69 Å². The normalized spacial score (nSPS) is 13.0. The number of aromatic nitrogens is 1. The van der Waals surface area contributed by atoms with E-state index >= 15 is 0 Å². The van der Waals surface area contributed by atoms with Gasteiger partial charge in [0.2, 0.25) is 5.56 Å². The number of aromatic amines is 1. The second kappa shape index (κ2) is 6.47. The molecule has 1 aliphatic heterocycles. The number of carbonyl (C=O) groups excluding carboxylic acids is 1. The van der Waals surface area contributed by atoms with Gasteiger partial charge in [0.25, 0.3) is 5.91 Å². The number of anilines is 1. The topological polar surface area (TPSA) is 65.2 Å². The van der Waals surface area contributed by atoms with Gasteiger partial charge in [-0.1, -0.05) is 18.2 Å². The highest BCUT2D eigenvalue weighted by molar-refractivity contribution is 5.93. The number of nitrogens with one attached hydrogen (secondary N) is 2. The summed E-state index contributed by atoms with van der Waals surface area (Å²) in [5.41, 5.74) is 2.99. The van der Waals surface area contributed by atoms with Gasteiger partial charge >= 0.3 is 0 Å². The van der Waals surface area contributed by atoms with Crippen LogP contribution < -0.4 is 15.8 Å². The van der Waals surface area contributed by atoms with Crippen molar-refractivity contribution in [2.75, 3.05) is 24.5 Å². The van der Waals surface area contributed by atoms with Crippen LogP contribution in [0.2, 0.25) is 0 Å². The van der Waals surface area contributed by atoms with Gasteiger partial charge in [-0.15, -0.1) is 0 Å². The van der Waals surface area contributed by atoms with Crippen LogP contribution in [0.25, 0.3) is 0 Å². The Labute approximate surface area is 129 Å². The van der Waals surface area contributed by atoms with Crippen molar-refractivity contribution in [1.82, 2.24) is 10.3 Å². The number of para-hydroxylation sites is 1. The molecule has 2 heterocycles. The first kappa shape index (κ1) is 14.4. The fraction of sp³-hybridized carbons (Fsp3) is 0.294. The van der Waals surface area contributed by atoms with Gasteiger partial charge < -0.3 is 15.2 Å². The Morgan fingerprint density at radius 3 is 2.91 bits per heavy atom. The lowest BCUT2D eigenvalue weighted by molar-refractivity contribution is 0.0953. The number of amides is 1. The molecule has 1 aromatic heterocycles. The quantitative estimate of drug-likeness (QED) is 0.823. The van der Waals surface area contributed by atoms with E-state index in [0.717, 1.165) is 25.9 Å². The monoisotopic (exact) mass is 297 g/mol. The van der Waals surface area contributed by atoms with Gasteiger partial charge in [0.05, 0.1) is 5.56 Å². The van der Waals surface area contributed by atoms with E-state index < -0.39 is 0 Å². The summed E-state index contributed by atoms with van der Waals surface area (Å²) in [7, 11) is 0. The van der Waals surface area contributed by atoms with Gasteiger partial charge in [-0.05, 0) is 30.5 Å². The van der Waals surface area contributed by atoms with E-state index in [4.69, 9.17) is 0 Å². The van der Waals surface area contributed by atoms with Gasteiger partial charge in [0.1, 0.15) is 0 Å². The maximum absolute atomic E-state index is 11.9. The second-order valence-electron chi connectivity index (χ2n) is 5.42. The fourth-order valence-corrected chi connectivity index (χ4v) is 2.76. The molecule has 0 bridgehead atoms. The molecular formula is C17H19N3O2. The van der Waals surface area contributed by atoms with Gasteiger partial charge in [0.15, 0.2) is 0 Å². The zero-order valence-corrected chi connectivity index (χ0v) is 12.3. The highest BCUT2D eigenvalue weighted by atomic mass is 16.1. The maximum Gasteiger partial charge on any atom is 0.252 e. The largest absolute Gasteiger partial charge is 0.371 e. The Kier molecular flexibility index (Phi) is 4.23. The maximum atomic E-state index is 11.9. The Hall–Kier alpha value is -2.56. The molecule has 0 saturated heterocycles. The van der Waals surface area contributed by atoms with Gasteiger partial charge in [0, 0.05) is 37.6 Å². The smallest absolute Gasteiger partial charge is 0.252 e. The summed E-state index contributed by atoms with van der Waals surface area (Å²) in [5, 5.41) is 2.88. The fourth-order valence-electron chi connectivity index (χ4n) is 2.76. The Morgan fingerprint density at radius 2 is 2.09 bits per heavy atom. The third kappa shape index (κ3) is 3.19. The lowest BCUT2D eigenvalue weighted by Crippen LogP contribution is -2.29. The molecule has 0 spiro atoms. The molecule has 1 amide bonds. The molecule has 2 N–H and O–H groups in total. The van der Waals surface area contributed by atoms with Crippen molar-refractivity contribution >= 4 is 11.6 Å². The SMILES string of the molecule is O=C(NCCCN1CCc2ccccc21)c1ccc(=O)[nH]c1.